The highest BCUT2D eigenvalue weighted by Gasteiger charge is 2.17. The zero-order chi connectivity index (χ0) is 17.2. The minimum absolute atomic E-state index is 0.416. The van der Waals surface area contributed by atoms with Crippen molar-refractivity contribution in [2.24, 2.45) is 0 Å². The van der Waals surface area contributed by atoms with Gasteiger partial charge in [0, 0.05) is 35.9 Å². The molecule has 2 N–H and O–H groups in total. The van der Waals surface area contributed by atoms with E-state index in [1.54, 1.807) is 12.3 Å². The Hall–Kier alpha value is -2.91. The fraction of sp³-hybridized carbons (Fsp3) is 0.211. The number of anilines is 2. The maximum atomic E-state index is 9.57. The van der Waals surface area contributed by atoms with E-state index in [1.165, 1.54) is 29.9 Å². The Morgan fingerprint density at radius 2 is 2.04 bits per heavy atom. The lowest BCUT2D eigenvalue weighted by molar-refractivity contribution is 0.949. The predicted octanol–water partition coefficient (Wildman–Crippen LogP) is 3.93. The van der Waals surface area contributed by atoms with Crippen LogP contribution in [0.1, 0.15) is 18.4 Å². The molecule has 1 aliphatic rings. The molecule has 25 heavy (non-hydrogen) atoms. The third-order valence-corrected chi connectivity index (χ3v) is 5.20. The van der Waals surface area contributed by atoms with Gasteiger partial charge in [0.05, 0.1) is 11.4 Å². The Balaban J connectivity index is 1.84. The molecule has 1 saturated heterocycles. The standard InChI is InChI=1S/C19H17N5S/c20-12-15-16(21)11-17(19-22-6-9-25-19)23-18(15)13-4-3-5-14(10-13)24-7-1-2-8-24/h3-6,9-11H,1-2,7-8H2,(H2,21,23). The number of hydrogen-bond donors (Lipinski definition) is 1. The second-order valence-corrected chi connectivity index (χ2v) is 6.91. The van der Waals surface area contributed by atoms with Crippen LogP contribution < -0.4 is 10.6 Å². The van der Waals surface area contributed by atoms with E-state index in [0.29, 0.717) is 22.6 Å². The van der Waals surface area contributed by atoms with Crippen molar-refractivity contribution >= 4 is 22.7 Å². The molecule has 0 aliphatic carbocycles. The molecule has 2 aromatic heterocycles. The number of rotatable bonds is 3. The van der Waals surface area contributed by atoms with Gasteiger partial charge in [-0.05, 0) is 31.0 Å². The van der Waals surface area contributed by atoms with E-state index >= 15 is 0 Å². The van der Waals surface area contributed by atoms with Crippen molar-refractivity contribution in [1.82, 2.24) is 9.97 Å². The zero-order valence-electron chi connectivity index (χ0n) is 13.6. The summed E-state index contributed by atoms with van der Waals surface area (Å²) in [6, 6.07) is 12.1. The average Bonchev–Trinajstić information content (AvgIpc) is 3.35. The van der Waals surface area contributed by atoms with Gasteiger partial charge < -0.3 is 10.6 Å². The average molecular weight is 347 g/mol. The Kier molecular flexibility index (Phi) is 4.08. The highest BCUT2D eigenvalue weighted by Crippen LogP contribution is 2.33. The summed E-state index contributed by atoms with van der Waals surface area (Å²) < 4.78 is 0. The highest BCUT2D eigenvalue weighted by atomic mass is 32.1. The minimum atomic E-state index is 0.416. The van der Waals surface area contributed by atoms with Crippen molar-refractivity contribution in [3.8, 4) is 28.0 Å². The van der Waals surface area contributed by atoms with Crippen molar-refractivity contribution in [2.75, 3.05) is 23.7 Å². The summed E-state index contributed by atoms with van der Waals surface area (Å²) in [6.45, 7) is 2.15. The van der Waals surface area contributed by atoms with Gasteiger partial charge in [-0.2, -0.15) is 5.26 Å². The first-order valence-corrected chi connectivity index (χ1v) is 9.10. The molecule has 1 aliphatic heterocycles. The van der Waals surface area contributed by atoms with Gasteiger partial charge in [0.2, 0.25) is 0 Å². The number of nitriles is 1. The number of hydrogen-bond acceptors (Lipinski definition) is 6. The lowest BCUT2D eigenvalue weighted by atomic mass is 10.0. The van der Waals surface area contributed by atoms with E-state index in [-0.39, 0.29) is 0 Å². The third-order valence-electron chi connectivity index (χ3n) is 4.40. The Morgan fingerprint density at radius 1 is 1.20 bits per heavy atom. The van der Waals surface area contributed by atoms with E-state index in [4.69, 9.17) is 10.7 Å². The molecule has 0 radical (unpaired) electrons. The number of pyridine rings is 1. The van der Waals surface area contributed by atoms with E-state index in [0.717, 1.165) is 23.7 Å². The molecule has 124 valence electrons. The zero-order valence-corrected chi connectivity index (χ0v) is 14.5. The van der Waals surface area contributed by atoms with Gasteiger partial charge in [-0.15, -0.1) is 11.3 Å². The molecule has 0 amide bonds. The highest BCUT2D eigenvalue weighted by molar-refractivity contribution is 7.13. The van der Waals surface area contributed by atoms with Gasteiger partial charge in [-0.1, -0.05) is 12.1 Å². The summed E-state index contributed by atoms with van der Waals surface area (Å²) in [4.78, 5) is 11.4. The van der Waals surface area contributed by atoms with Gasteiger partial charge >= 0.3 is 0 Å². The summed E-state index contributed by atoms with van der Waals surface area (Å²) in [5.41, 5.74) is 10.4. The number of thiazole rings is 1. The summed E-state index contributed by atoms with van der Waals surface area (Å²) in [5, 5.41) is 12.3. The van der Waals surface area contributed by atoms with Crippen LogP contribution in [0.3, 0.4) is 0 Å². The number of nitrogen functional groups attached to an aromatic ring is 1. The molecule has 0 spiro atoms. The molecule has 0 saturated carbocycles. The first kappa shape index (κ1) is 15.6. The van der Waals surface area contributed by atoms with Gasteiger partial charge in [0.1, 0.15) is 22.3 Å². The topological polar surface area (TPSA) is 78.8 Å². The monoisotopic (exact) mass is 347 g/mol. The molecule has 0 bridgehead atoms. The lowest BCUT2D eigenvalue weighted by Gasteiger charge is -2.18. The summed E-state index contributed by atoms with van der Waals surface area (Å²) in [7, 11) is 0. The van der Waals surface area contributed by atoms with Crippen LogP contribution >= 0.6 is 11.3 Å². The summed E-state index contributed by atoms with van der Waals surface area (Å²) in [6.07, 6.45) is 4.18. The molecule has 0 unspecified atom stereocenters. The molecule has 0 atom stereocenters. The number of aromatic nitrogens is 2. The molecular weight excluding hydrogens is 330 g/mol. The van der Waals surface area contributed by atoms with E-state index in [1.807, 2.05) is 17.5 Å². The van der Waals surface area contributed by atoms with Gasteiger partial charge in [0.15, 0.2) is 0 Å². The second kappa shape index (κ2) is 6.54. The molecule has 3 aromatic rings. The largest absolute Gasteiger partial charge is 0.398 e. The van der Waals surface area contributed by atoms with Crippen LogP contribution in [0.2, 0.25) is 0 Å². The fourth-order valence-corrected chi connectivity index (χ4v) is 3.77. The maximum absolute atomic E-state index is 9.57. The minimum Gasteiger partial charge on any atom is -0.398 e. The molecule has 6 heteroatoms. The first-order chi connectivity index (χ1) is 12.3. The fourth-order valence-electron chi connectivity index (χ4n) is 3.18. The number of benzene rings is 1. The van der Waals surface area contributed by atoms with Crippen LogP contribution in [0.4, 0.5) is 11.4 Å². The Bertz CT molecular complexity index is 937. The van der Waals surface area contributed by atoms with Crippen LogP contribution in [0.25, 0.3) is 22.0 Å². The van der Waals surface area contributed by atoms with Crippen molar-refractivity contribution in [2.45, 2.75) is 12.8 Å². The normalized spacial score (nSPS) is 13.8. The molecule has 1 aromatic carbocycles. The molecule has 1 fully saturated rings. The lowest BCUT2D eigenvalue weighted by Crippen LogP contribution is -2.17. The first-order valence-electron chi connectivity index (χ1n) is 8.22. The van der Waals surface area contributed by atoms with Crippen LogP contribution in [0.5, 0.6) is 0 Å². The molecule has 3 heterocycles. The molecule has 4 rings (SSSR count). The van der Waals surface area contributed by atoms with Crippen LogP contribution in [0.15, 0.2) is 41.9 Å². The van der Waals surface area contributed by atoms with Crippen LogP contribution in [-0.4, -0.2) is 23.1 Å². The van der Waals surface area contributed by atoms with Crippen molar-refractivity contribution in [1.29, 1.82) is 5.26 Å². The van der Waals surface area contributed by atoms with Crippen molar-refractivity contribution < 1.29 is 0 Å². The van der Waals surface area contributed by atoms with Crippen LogP contribution in [-0.2, 0) is 0 Å². The molecular formula is C19H17N5S. The smallest absolute Gasteiger partial charge is 0.141 e. The van der Waals surface area contributed by atoms with Gasteiger partial charge in [-0.3, -0.25) is 0 Å². The van der Waals surface area contributed by atoms with Gasteiger partial charge in [-0.25, -0.2) is 9.97 Å². The van der Waals surface area contributed by atoms with E-state index < -0.39 is 0 Å². The van der Waals surface area contributed by atoms with Crippen LogP contribution in [0, 0.1) is 11.3 Å². The van der Waals surface area contributed by atoms with Crippen molar-refractivity contribution in [3.05, 3.63) is 47.5 Å². The Labute approximate surface area is 150 Å². The Morgan fingerprint density at radius 3 is 2.76 bits per heavy atom. The third kappa shape index (κ3) is 2.94. The number of nitrogens with zero attached hydrogens (tertiary/aromatic N) is 4. The SMILES string of the molecule is N#Cc1c(N)cc(-c2nccs2)nc1-c1cccc(N2CCCC2)c1. The number of nitrogens with two attached hydrogens (primary N) is 1. The predicted molar refractivity (Wildman–Crippen MR) is 101 cm³/mol. The molecule has 5 nitrogen and oxygen atoms in total. The summed E-state index contributed by atoms with van der Waals surface area (Å²) >= 11 is 1.51. The quantitative estimate of drug-likeness (QED) is 0.777. The van der Waals surface area contributed by atoms with E-state index in [2.05, 4.69) is 28.1 Å². The van der Waals surface area contributed by atoms with E-state index in [9.17, 15) is 5.26 Å². The van der Waals surface area contributed by atoms with Crippen molar-refractivity contribution in [3.63, 3.8) is 0 Å². The second-order valence-electron chi connectivity index (χ2n) is 6.01. The maximum Gasteiger partial charge on any atom is 0.141 e. The summed E-state index contributed by atoms with van der Waals surface area (Å²) in [5.74, 6) is 0. The van der Waals surface area contributed by atoms with Gasteiger partial charge in [0.25, 0.3) is 0 Å².